The molecule has 91 heavy (non-hydrogen) atoms. The largest absolute Gasteiger partial charge is 0.491 e. The Kier molecular flexibility index (Phi) is 19.9. The van der Waals surface area contributed by atoms with Gasteiger partial charge >= 0.3 is 0 Å². The summed E-state index contributed by atoms with van der Waals surface area (Å²) in [6.45, 7) is 19.1. The van der Waals surface area contributed by atoms with Crippen LogP contribution in [0.4, 0.5) is 30.5 Å². The first-order valence-electron chi connectivity index (χ1n) is 32.5. The molecule has 5 amide bonds. The number of rotatable bonds is 23. The fourth-order valence-corrected chi connectivity index (χ4v) is 14.9. The van der Waals surface area contributed by atoms with Crippen molar-refractivity contribution >= 4 is 58.2 Å². The van der Waals surface area contributed by atoms with Crippen molar-refractivity contribution < 1.29 is 51.7 Å². The number of piperidine rings is 2. The molecule has 5 saturated heterocycles. The number of β-amino-alcohol motifs (C(OH)–C–C–N with tert-alkyl or cyclic N) is 1. The quantitative estimate of drug-likeness (QED) is 0.0459. The van der Waals surface area contributed by atoms with Gasteiger partial charge in [-0.25, -0.2) is 28.1 Å². The molecule has 5 aliphatic heterocycles. The Labute approximate surface area is 535 Å². The summed E-state index contributed by atoms with van der Waals surface area (Å²) in [4.78, 5) is 91.1. The summed E-state index contributed by atoms with van der Waals surface area (Å²) in [5, 5.41) is 25.8. The number of ether oxygens (including phenoxy) is 2. The van der Waals surface area contributed by atoms with Crippen LogP contribution in [0.25, 0.3) is 10.4 Å². The monoisotopic (exact) mass is 1280 g/mol. The molecule has 21 nitrogen and oxygen atoms in total. The molecule has 7 aliphatic rings. The van der Waals surface area contributed by atoms with Gasteiger partial charge in [-0.05, 0) is 125 Å². The van der Waals surface area contributed by atoms with E-state index in [9.17, 15) is 33.5 Å². The highest BCUT2D eigenvalue weighted by atomic mass is 32.1. The van der Waals surface area contributed by atoms with Crippen molar-refractivity contribution in [1.29, 1.82) is 0 Å². The lowest BCUT2D eigenvalue weighted by Crippen LogP contribution is -2.66. The van der Waals surface area contributed by atoms with Gasteiger partial charge < -0.3 is 60.8 Å². The fraction of sp³-hybridized carbons (Fsp3) is 0.636. The normalized spacial score (nSPS) is 24.0. The van der Waals surface area contributed by atoms with Gasteiger partial charge in [0.2, 0.25) is 23.6 Å². The van der Waals surface area contributed by atoms with Crippen molar-refractivity contribution in [2.45, 2.75) is 154 Å². The Balaban J connectivity index is 0.582. The second kappa shape index (κ2) is 27.5. The van der Waals surface area contributed by atoms with Gasteiger partial charge in [0.05, 0.1) is 52.6 Å². The van der Waals surface area contributed by atoms with Crippen molar-refractivity contribution in [1.82, 2.24) is 50.9 Å². The predicted molar refractivity (Wildman–Crippen MR) is 340 cm³/mol. The van der Waals surface area contributed by atoms with Gasteiger partial charge in [-0.3, -0.25) is 28.9 Å². The minimum atomic E-state index is -1.99. The number of fused-ring (bicyclic) bond motifs is 1. The number of amides is 5. The van der Waals surface area contributed by atoms with Crippen LogP contribution in [0.5, 0.6) is 5.75 Å². The zero-order valence-corrected chi connectivity index (χ0v) is 54.2. The average Bonchev–Trinajstić information content (AvgIpc) is 1.42. The topological polar surface area (TPSA) is 239 Å². The molecule has 2 aliphatic carbocycles. The molecule has 2 saturated carbocycles. The van der Waals surface area contributed by atoms with Crippen molar-refractivity contribution in [2.24, 2.45) is 22.7 Å². The van der Waals surface area contributed by atoms with E-state index in [0.717, 1.165) is 99.1 Å². The zero-order valence-electron chi connectivity index (χ0n) is 53.4. The molecule has 7 heterocycles. The molecule has 0 radical (unpaired) electrons. The SMILES string of the molecule is Cc1ncsc1-c1ccc(CNC(=O)[C@@H]2C[C@@H](O)CN2C(=O)[C@@H](NC(=O)C2(F)CC2)C(C)(C)C)c(OCCNC(=O)COC2C[C@@H]3CN(CCCNc4cc(N5CCC6(CC5)CN(c5cc(F)c(CN7CCC(C)(C)CC7)cc5F)CC(=O)N6)ncn4)C[C@@H]3C2)c1. The van der Waals surface area contributed by atoms with Crippen LogP contribution in [-0.2, 0) is 41.8 Å². The van der Waals surface area contributed by atoms with E-state index in [1.54, 1.807) is 37.5 Å². The Bertz CT molecular complexity index is 3280. The third-order valence-electron chi connectivity index (χ3n) is 19.7. The van der Waals surface area contributed by atoms with Crippen LogP contribution in [0, 0.1) is 41.2 Å². The van der Waals surface area contributed by atoms with Gasteiger partial charge in [-0.1, -0.05) is 46.8 Å². The number of likely N-dealkylation sites (tertiary alicyclic amines) is 3. The Morgan fingerprint density at radius 3 is 2.31 bits per heavy atom. The molecular formula is C66H90F3N13O8S. The summed E-state index contributed by atoms with van der Waals surface area (Å²) in [5.74, 6) is -0.310. The lowest BCUT2D eigenvalue weighted by Gasteiger charge is -2.48. The summed E-state index contributed by atoms with van der Waals surface area (Å²) in [6, 6.07) is 8.02. The predicted octanol–water partition coefficient (Wildman–Crippen LogP) is 6.12. The highest BCUT2D eigenvalue weighted by Gasteiger charge is 2.54. The summed E-state index contributed by atoms with van der Waals surface area (Å²) >= 11 is 1.49. The Morgan fingerprint density at radius 1 is 0.857 bits per heavy atom. The molecule has 11 rings (SSSR count). The smallest absolute Gasteiger partial charge is 0.258 e. The number of nitrogens with zero attached hydrogens (tertiary/aromatic N) is 8. The van der Waals surface area contributed by atoms with Gasteiger partial charge in [0, 0.05) is 88.6 Å². The number of aliphatic hydroxyl groups is 1. The van der Waals surface area contributed by atoms with E-state index in [1.165, 1.54) is 28.4 Å². The fourth-order valence-electron chi connectivity index (χ4n) is 14.1. The third-order valence-corrected chi connectivity index (χ3v) is 20.7. The molecular weight excluding hydrogens is 1190 g/mol. The molecule has 25 heteroatoms. The maximum Gasteiger partial charge on any atom is 0.258 e. The maximum absolute atomic E-state index is 15.8. The van der Waals surface area contributed by atoms with Crippen molar-refractivity contribution in [3.05, 3.63) is 76.7 Å². The molecule has 2 aromatic heterocycles. The maximum atomic E-state index is 15.8. The number of halogens is 3. The third kappa shape index (κ3) is 16.0. The molecule has 4 aromatic rings. The summed E-state index contributed by atoms with van der Waals surface area (Å²) in [7, 11) is 0. The van der Waals surface area contributed by atoms with Crippen LogP contribution < -0.4 is 41.1 Å². The van der Waals surface area contributed by atoms with Crippen LogP contribution in [0.3, 0.4) is 0 Å². The molecule has 6 atom stereocenters. The van der Waals surface area contributed by atoms with Crippen LogP contribution in [0.15, 0.2) is 48.2 Å². The van der Waals surface area contributed by atoms with Gasteiger partial charge in [-0.2, -0.15) is 0 Å². The van der Waals surface area contributed by atoms with Crippen LogP contribution in [0.1, 0.15) is 116 Å². The Morgan fingerprint density at radius 2 is 1.60 bits per heavy atom. The summed E-state index contributed by atoms with van der Waals surface area (Å²) in [6.07, 6.45) is 6.75. The number of anilines is 3. The van der Waals surface area contributed by atoms with E-state index in [1.807, 2.05) is 31.2 Å². The second-order valence-corrected chi connectivity index (χ2v) is 29.2. The number of aryl methyl sites for hydroxylation is 1. The first-order valence-corrected chi connectivity index (χ1v) is 33.4. The number of carbonyl (C=O) groups is 5. The summed E-state index contributed by atoms with van der Waals surface area (Å²) in [5.41, 5.74) is 1.47. The molecule has 2 aromatic carbocycles. The lowest BCUT2D eigenvalue weighted by atomic mass is 9.82. The van der Waals surface area contributed by atoms with Crippen LogP contribution >= 0.6 is 11.3 Å². The van der Waals surface area contributed by atoms with Gasteiger partial charge in [0.15, 0.2) is 5.67 Å². The van der Waals surface area contributed by atoms with Gasteiger partial charge in [-0.15, -0.1) is 11.3 Å². The number of hydrogen-bond acceptors (Lipinski definition) is 17. The molecule has 6 N–H and O–H groups in total. The van der Waals surface area contributed by atoms with Crippen molar-refractivity contribution in [3.63, 3.8) is 0 Å². The molecule has 1 spiro atoms. The van der Waals surface area contributed by atoms with E-state index in [0.29, 0.717) is 67.7 Å². The number of benzene rings is 2. The highest BCUT2D eigenvalue weighted by Crippen LogP contribution is 2.42. The number of alkyl halides is 1. The van der Waals surface area contributed by atoms with Crippen molar-refractivity contribution in [2.75, 3.05) is 107 Å². The van der Waals surface area contributed by atoms with E-state index >= 15 is 8.78 Å². The number of carbonyl (C=O) groups excluding carboxylic acids is 5. The Hall–Kier alpha value is -6.67. The standard InChI is InChI=1S/C66H90F3N13O8S/c1-41-58(91-40-75-41)42-8-9-43(31-72-60(86)52-28-47(83)35-82(52)61(87)59(63(2,3)4)76-62(88)66(69)10-11-66)53(27-42)89-23-17-71-57(85)37-90-48-24-44-32-79(33-45(44)25-48)18-7-16-70-54-30-55(74-39-73-54)80-21-14-65(15-22-80)38-81(36-56(84)77-65)51-29-49(67)46(26-50(51)68)34-78-19-12-64(5,6)13-20-78/h8-9,26-27,29-30,39-40,44-45,47-48,52,59,83H,7,10-25,28,31-38H2,1-6H3,(H,71,85)(H,72,86)(H,76,88)(H,77,84)(H,70,73,74)/t44-,45+,47-,48?,52+,59-/m1/s1. The minimum Gasteiger partial charge on any atom is -0.491 e. The average molecular weight is 1280 g/mol. The minimum absolute atomic E-state index is 0.000809. The number of aromatic nitrogens is 3. The van der Waals surface area contributed by atoms with E-state index in [4.69, 9.17) is 9.47 Å². The van der Waals surface area contributed by atoms with E-state index in [2.05, 4.69) is 70.1 Å². The lowest BCUT2D eigenvalue weighted by molar-refractivity contribution is -0.145. The first kappa shape index (κ1) is 65.8. The molecule has 494 valence electrons. The van der Waals surface area contributed by atoms with Crippen LogP contribution in [0.2, 0.25) is 0 Å². The van der Waals surface area contributed by atoms with Crippen molar-refractivity contribution in [3.8, 4) is 16.2 Å². The number of aliphatic hydroxyl groups excluding tert-OH is 1. The number of thiazole rings is 1. The van der Waals surface area contributed by atoms with Gasteiger partial charge in [0.25, 0.3) is 5.91 Å². The van der Waals surface area contributed by atoms with Gasteiger partial charge in [0.1, 0.15) is 60.6 Å². The highest BCUT2D eigenvalue weighted by molar-refractivity contribution is 7.13. The summed E-state index contributed by atoms with van der Waals surface area (Å²) < 4.78 is 58.5. The number of hydrogen-bond donors (Lipinski definition) is 6. The molecule has 7 fully saturated rings. The second-order valence-electron chi connectivity index (χ2n) is 28.4. The number of nitrogens with one attached hydrogen (secondary N) is 5. The zero-order chi connectivity index (χ0) is 64.4. The van der Waals surface area contributed by atoms with Crippen LogP contribution in [-0.4, -0.2) is 192 Å². The van der Waals surface area contributed by atoms with E-state index < -0.39 is 64.2 Å². The molecule has 1 unspecified atom stereocenters. The molecule has 0 bridgehead atoms. The first-order chi connectivity index (χ1) is 43.4. The van der Waals surface area contributed by atoms with E-state index in [-0.39, 0.29) is 87.7 Å². The number of piperazine rings is 1.